The van der Waals surface area contributed by atoms with Gasteiger partial charge in [-0.05, 0) is 18.8 Å². The van der Waals surface area contributed by atoms with Gasteiger partial charge >= 0.3 is 0 Å². The van der Waals surface area contributed by atoms with E-state index in [1.54, 1.807) is 12.4 Å². The molecule has 0 aromatic rings. The van der Waals surface area contributed by atoms with Gasteiger partial charge in [0, 0.05) is 0 Å². The highest BCUT2D eigenvalue weighted by Crippen LogP contribution is 2.27. The highest BCUT2D eigenvalue weighted by molar-refractivity contribution is 6.18. The third-order valence-corrected chi connectivity index (χ3v) is 2.92. The molecule has 0 aliphatic carbocycles. The van der Waals surface area contributed by atoms with Gasteiger partial charge in [0.05, 0.1) is 6.42 Å². The van der Waals surface area contributed by atoms with E-state index in [2.05, 4.69) is 23.8 Å². The van der Waals surface area contributed by atoms with Crippen LogP contribution in [0.2, 0.25) is 0 Å². The van der Waals surface area contributed by atoms with Crippen molar-refractivity contribution in [2.45, 2.75) is 58.8 Å². The average molecular weight is 207 g/mol. The van der Waals surface area contributed by atoms with Crippen molar-refractivity contribution in [3.05, 3.63) is 6.17 Å². The summed E-state index contributed by atoms with van der Waals surface area (Å²) in [4.78, 5) is 8.52. The van der Waals surface area contributed by atoms with Gasteiger partial charge in [-0.3, -0.25) is 0 Å². The van der Waals surface area contributed by atoms with Crippen molar-refractivity contribution in [3.8, 4) is 0 Å². The molecule has 0 aromatic carbocycles. The minimum Gasteiger partial charge on any atom is -0.0968 e. The summed E-state index contributed by atoms with van der Waals surface area (Å²) in [6, 6.07) is 0. The summed E-state index contributed by atoms with van der Waals surface area (Å²) in [5.74, 6) is 0.798. The third kappa shape index (κ3) is 5.01. The van der Waals surface area contributed by atoms with Crippen LogP contribution in [0.5, 0.6) is 0 Å². The molecule has 15 heavy (non-hydrogen) atoms. The quantitative estimate of drug-likeness (QED) is 0.537. The Hall–Kier alpha value is -0.790. The molecule has 0 radical (unpaired) electrons. The van der Waals surface area contributed by atoms with Crippen LogP contribution in [0.1, 0.15) is 58.8 Å². The summed E-state index contributed by atoms with van der Waals surface area (Å²) in [7, 11) is 0. The lowest BCUT2D eigenvalue weighted by Crippen LogP contribution is -2.04. The molecule has 1 aliphatic rings. The molecule has 0 N–H and O–H groups in total. The fourth-order valence-corrected chi connectivity index (χ4v) is 1.97. The molecule has 0 bridgehead atoms. The van der Waals surface area contributed by atoms with E-state index >= 15 is 0 Å². The molecule has 0 amide bonds. The maximum Gasteiger partial charge on any atom is 0.240 e. The Morgan fingerprint density at radius 3 is 2.00 bits per heavy atom. The Morgan fingerprint density at radius 2 is 1.53 bits per heavy atom. The van der Waals surface area contributed by atoms with E-state index in [0.29, 0.717) is 0 Å². The molecule has 0 saturated carbocycles. The minimum absolute atomic E-state index is 0.798. The summed E-state index contributed by atoms with van der Waals surface area (Å²) in [5.41, 5.74) is 0. The third-order valence-electron chi connectivity index (χ3n) is 2.92. The van der Waals surface area contributed by atoms with E-state index in [1.165, 1.54) is 38.5 Å². The minimum atomic E-state index is 0.798. The number of unbranched alkanes of at least 4 members (excludes halogenated alkanes) is 2. The van der Waals surface area contributed by atoms with Crippen LogP contribution in [0, 0.1) is 12.1 Å². The van der Waals surface area contributed by atoms with Crippen LogP contribution in [-0.4, -0.2) is 12.4 Å². The monoisotopic (exact) mass is 207 g/mol. The first-order valence-electron chi connectivity index (χ1n) is 6.29. The van der Waals surface area contributed by atoms with Crippen molar-refractivity contribution >= 4 is 12.4 Å². The zero-order valence-corrected chi connectivity index (χ0v) is 10.1. The molecule has 0 unspecified atom stereocenters. The largest absolute Gasteiger partial charge is 0.240 e. The molecule has 84 valence electrons. The number of hydrogen-bond acceptors (Lipinski definition) is 2. The van der Waals surface area contributed by atoms with Crippen LogP contribution >= 0.6 is 0 Å². The second kappa shape index (κ2) is 7.49. The van der Waals surface area contributed by atoms with Crippen LogP contribution in [-0.2, 0) is 0 Å². The maximum absolute atomic E-state index is 4.26. The second-order valence-corrected chi connectivity index (χ2v) is 4.33. The van der Waals surface area contributed by atoms with Gasteiger partial charge in [0.1, 0.15) is 0 Å². The van der Waals surface area contributed by atoms with Gasteiger partial charge in [0.15, 0.2) is 12.4 Å². The fraction of sp³-hybridized carbons (Fsp3) is 0.769. The Morgan fingerprint density at radius 1 is 1.00 bits per heavy atom. The number of hydrogen-bond donors (Lipinski definition) is 0. The van der Waals surface area contributed by atoms with Crippen LogP contribution in [0.25, 0.3) is 0 Å². The summed E-state index contributed by atoms with van der Waals surface area (Å²) < 4.78 is 0. The smallest absolute Gasteiger partial charge is 0.0968 e. The van der Waals surface area contributed by atoms with Crippen molar-refractivity contribution in [3.63, 3.8) is 0 Å². The average Bonchev–Trinajstić information content (AvgIpc) is 2.74. The summed E-state index contributed by atoms with van der Waals surface area (Å²) in [5, 5.41) is 0. The lowest BCUT2D eigenvalue weighted by molar-refractivity contribution is 0.398. The molecular weight excluding hydrogens is 184 g/mol. The molecule has 1 aliphatic heterocycles. The van der Waals surface area contributed by atoms with Gasteiger partial charge in [-0.15, -0.1) is 0 Å². The second-order valence-electron chi connectivity index (χ2n) is 4.33. The summed E-state index contributed by atoms with van der Waals surface area (Å²) in [6.07, 6.45) is 13.7. The number of aliphatic imine (C=N–C) groups is 2. The van der Waals surface area contributed by atoms with Crippen molar-refractivity contribution in [1.29, 1.82) is 0 Å². The van der Waals surface area contributed by atoms with Gasteiger partial charge in [0.25, 0.3) is 0 Å². The SMILES string of the molecule is CCCCC(CCCC)C[C+]1N=CC=N1. The lowest BCUT2D eigenvalue weighted by atomic mass is 9.92. The Bertz CT molecular complexity index is 189. The molecule has 0 spiro atoms. The van der Waals surface area contributed by atoms with Crippen molar-refractivity contribution < 1.29 is 0 Å². The first-order valence-corrected chi connectivity index (χ1v) is 6.29. The first-order chi connectivity index (χ1) is 7.36. The number of nitrogens with zero attached hydrogens (tertiary/aromatic N) is 2. The van der Waals surface area contributed by atoms with Crippen molar-refractivity contribution in [1.82, 2.24) is 0 Å². The van der Waals surface area contributed by atoms with E-state index < -0.39 is 0 Å². The Labute approximate surface area is 93.9 Å². The van der Waals surface area contributed by atoms with Crippen LogP contribution in [0.3, 0.4) is 0 Å². The Balaban J connectivity index is 2.26. The molecule has 1 heterocycles. The molecule has 1 rings (SSSR count). The van der Waals surface area contributed by atoms with Gasteiger partial charge in [-0.25, -0.2) is 0 Å². The lowest BCUT2D eigenvalue weighted by Gasteiger charge is -2.14. The summed E-state index contributed by atoms with van der Waals surface area (Å²) >= 11 is 0. The highest BCUT2D eigenvalue weighted by Gasteiger charge is 2.21. The van der Waals surface area contributed by atoms with Gasteiger partial charge in [-0.2, -0.15) is 0 Å². The van der Waals surface area contributed by atoms with Gasteiger partial charge in [0.2, 0.25) is 6.17 Å². The molecule has 0 aromatic heterocycles. The molecule has 0 atom stereocenters. The molecular formula is C13H23N2+. The van der Waals surface area contributed by atoms with Gasteiger partial charge in [-0.1, -0.05) is 49.5 Å². The zero-order valence-electron chi connectivity index (χ0n) is 10.1. The van der Waals surface area contributed by atoms with E-state index in [-0.39, 0.29) is 0 Å². The standard InChI is InChI=1S/C13H23N2/c1-3-5-7-12(8-6-4-2)11-13-14-9-10-15-13/h9-10,12H,3-8,11H2,1-2H3/q+1. The predicted octanol–water partition coefficient (Wildman–Crippen LogP) is 4.02. The van der Waals surface area contributed by atoms with Crippen LogP contribution in [0.4, 0.5) is 0 Å². The first kappa shape index (κ1) is 12.3. The topological polar surface area (TPSA) is 24.7 Å². The molecule has 0 saturated heterocycles. The van der Waals surface area contributed by atoms with Gasteiger partial charge < -0.3 is 0 Å². The number of rotatable bonds is 8. The zero-order chi connectivity index (χ0) is 10.9. The maximum atomic E-state index is 4.26. The molecule has 2 nitrogen and oxygen atoms in total. The predicted molar refractivity (Wildman–Crippen MR) is 67.4 cm³/mol. The van der Waals surface area contributed by atoms with Crippen molar-refractivity contribution in [2.75, 3.05) is 0 Å². The van der Waals surface area contributed by atoms with E-state index in [4.69, 9.17) is 0 Å². The van der Waals surface area contributed by atoms with E-state index in [1.807, 2.05) is 0 Å². The van der Waals surface area contributed by atoms with Crippen LogP contribution in [0.15, 0.2) is 9.98 Å². The van der Waals surface area contributed by atoms with E-state index in [0.717, 1.165) is 18.5 Å². The van der Waals surface area contributed by atoms with Crippen molar-refractivity contribution in [2.24, 2.45) is 15.9 Å². The summed E-state index contributed by atoms with van der Waals surface area (Å²) in [6.45, 7) is 4.52. The Kier molecular flexibility index (Phi) is 6.14. The highest BCUT2D eigenvalue weighted by atomic mass is 15.0. The normalized spacial score (nSPS) is 14.5. The fourth-order valence-electron chi connectivity index (χ4n) is 1.97. The molecule has 0 fully saturated rings. The van der Waals surface area contributed by atoms with Crippen LogP contribution < -0.4 is 0 Å². The van der Waals surface area contributed by atoms with E-state index in [9.17, 15) is 0 Å². The molecule has 2 heteroatoms.